The molecule has 6 heterocycles. The number of amides is 1. The highest BCUT2D eigenvalue weighted by atomic mass is 16.2. The fourth-order valence-electron chi connectivity index (χ4n) is 4.62. The Morgan fingerprint density at radius 3 is 2.69 bits per heavy atom. The Morgan fingerprint density at radius 1 is 0.969 bits per heavy atom. The lowest BCUT2D eigenvalue weighted by molar-refractivity contribution is 0.0928. The second-order valence-electron chi connectivity index (χ2n) is 8.58. The Kier molecular flexibility index (Phi) is 4.46. The maximum absolute atomic E-state index is 12.2. The summed E-state index contributed by atoms with van der Waals surface area (Å²) in [4.78, 5) is 29.4. The van der Waals surface area contributed by atoms with Gasteiger partial charge in [-0.3, -0.25) is 4.79 Å². The molecule has 162 valence electrons. The summed E-state index contributed by atoms with van der Waals surface area (Å²) in [6.07, 6.45) is 7.82. The van der Waals surface area contributed by atoms with Gasteiger partial charge in [-0.25, -0.2) is 9.97 Å². The minimum Gasteiger partial charge on any atom is -0.354 e. The number of H-pyrrole nitrogens is 1. The third kappa shape index (κ3) is 3.23. The van der Waals surface area contributed by atoms with Gasteiger partial charge < -0.3 is 24.7 Å². The number of hydrogen-bond acceptors (Lipinski definition) is 5. The largest absolute Gasteiger partial charge is 0.354 e. The average molecular weight is 428 g/mol. The molecule has 4 aromatic rings. The first-order chi connectivity index (χ1) is 15.7. The van der Waals surface area contributed by atoms with Crippen LogP contribution in [0.15, 0.2) is 49.1 Å². The van der Waals surface area contributed by atoms with Crippen LogP contribution in [0, 0.1) is 0 Å². The molecule has 32 heavy (non-hydrogen) atoms. The summed E-state index contributed by atoms with van der Waals surface area (Å²) < 4.78 is 2.02. The monoisotopic (exact) mass is 427 g/mol. The second-order valence-corrected chi connectivity index (χ2v) is 8.58. The SMILES string of the molecule is CN1CCN(c2cc(-c3cnc4[nH]cc(-c5cc6n(c5)CCNC6=O)c4c3)ccn2)CC1. The standard InChI is InChI=1S/C24H25N7O/c1-29-6-8-30(9-7-29)22-12-16(2-3-25-22)17-10-19-20(14-28-23(19)27-13-17)18-11-21-24(32)26-4-5-31(21)15-18/h2-3,10-15H,4-9H2,1H3,(H,26,32)(H,27,28). The minimum absolute atomic E-state index is 0.0191. The van der Waals surface area contributed by atoms with Gasteiger partial charge in [-0.1, -0.05) is 0 Å². The molecule has 6 rings (SSSR count). The zero-order valence-electron chi connectivity index (χ0n) is 18.0. The zero-order valence-corrected chi connectivity index (χ0v) is 18.0. The van der Waals surface area contributed by atoms with Crippen molar-refractivity contribution in [1.29, 1.82) is 0 Å². The predicted molar refractivity (Wildman–Crippen MR) is 125 cm³/mol. The van der Waals surface area contributed by atoms with E-state index in [0.717, 1.165) is 71.8 Å². The van der Waals surface area contributed by atoms with Crippen molar-refractivity contribution in [3.05, 3.63) is 54.7 Å². The topological polar surface area (TPSA) is 82.1 Å². The van der Waals surface area contributed by atoms with Crippen LogP contribution in [0.25, 0.3) is 33.3 Å². The van der Waals surface area contributed by atoms with E-state index in [-0.39, 0.29) is 5.91 Å². The number of nitrogens with zero attached hydrogens (tertiary/aromatic N) is 5. The first-order valence-electron chi connectivity index (χ1n) is 11.0. The molecular weight excluding hydrogens is 402 g/mol. The van der Waals surface area contributed by atoms with Gasteiger partial charge in [-0.05, 0) is 36.9 Å². The fourth-order valence-corrected chi connectivity index (χ4v) is 4.62. The Morgan fingerprint density at radius 2 is 1.84 bits per heavy atom. The van der Waals surface area contributed by atoms with Crippen LogP contribution in [0.3, 0.4) is 0 Å². The van der Waals surface area contributed by atoms with Gasteiger partial charge in [0.25, 0.3) is 5.91 Å². The van der Waals surface area contributed by atoms with E-state index in [1.807, 2.05) is 35.3 Å². The highest BCUT2D eigenvalue weighted by Gasteiger charge is 2.20. The lowest BCUT2D eigenvalue weighted by atomic mass is 10.0. The van der Waals surface area contributed by atoms with E-state index in [1.54, 1.807) is 0 Å². The van der Waals surface area contributed by atoms with Gasteiger partial charge in [0, 0.05) is 86.1 Å². The Balaban J connectivity index is 1.37. The van der Waals surface area contributed by atoms with Crippen LogP contribution in [0.1, 0.15) is 10.5 Å². The molecule has 2 N–H and O–H groups in total. The molecule has 0 spiro atoms. The van der Waals surface area contributed by atoms with Crippen LogP contribution in [0.5, 0.6) is 0 Å². The molecule has 8 heteroatoms. The van der Waals surface area contributed by atoms with Crippen molar-refractivity contribution in [3.8, 4) is 22.3 Å². The van der Waals surface area contributed by atoms with Crippen molar-refractivity contribution in [2.24, 2.45) is 0 Å². The minimum atomic E-state index is -0.0191. The first-order valence-corrected chi connectivity index (χ1v) is 11.0. The van der Waals surface area contributed by atoms with Crippen molar-refractivity contribution in [2.75, 3.05) is 44.7 Å². The number of carbonyl (C=O) groups excluding carboxylic acids is 1. The summed E-state index contributed by atoms with van der Waals surface area (Å²) in [6.45, 7) is 5.52. The molecule has 2 aliphatic rings. The molecule has 0 bridgehead atoms. The van der Waals surface area contributed by atoms with Crippen molar-refractivity contribution in [3.63, 3.8) is 0 Å². The number of pyridine rings is 2. The third-order valence-electron chi connectivity index (χ3n) is 6.52. The number of anilines is 1. The average Bonchev–Trinajstić information content (AvgIpc) is 3.44. The van der Waals surface area contributed by atoms with E-state index in [0.29, 0.717) is 12.2 Å². The number of likely N-dealkylation sites (N-methyl/N-ethyl adjacent to an activating group) is 1. The predicted octanol–water partition coefficient (Wildman–Crippen LogP) is 2.59. The summed E-state index contributed by atoms with van der Waals surface area (Å²) in [5.41, 5.74) is 5.78. The highest BCUT2D eigenvalue weighted by molar-refractivity contribution is 5.99. The van der Waals surface area contributed by atoms with E-state index < -0.39 is 0 Å². The van der Waals surface area contributed by atoms with Gasteiger partial charge in [0.2, 0.25) is 0 Å². The molecule has 1 fully saturated rings. The fraction of sp³-hybridized carbons (Fsp3) is 0.292. The van der Waals surface area contributed by atoms with Crippen LogP contribution >= 0.6 is 0 Å². The maximum Gasteiger partial charge on any atom is 0.267 e. The molecule has 8 nitrogen and oxygen atoms in total. The lowest BCUT2D eigenvalue weighted by Crippen LogP contribution is -2.44. The number of aromatic amines is 1. The summed E-state index contributed by atoms with van der Waals surface area (Å²) in [6, 6.07) is 8.33. The van der Waals surface area contributed by atoms with Crippen LogP contribution < -0.4 is 10.2 Å². The summed E-state index contributed by atoms with van der Waals surface area (Å²) >= 11 is 0. The number of piperazine rings is 1. The van der Waals surface area contributed by atoms with E-state index in [9.17, 15) is 4.79 Å². The Labute approximate surface area is 185 Å². The van der Waals surface area contributed by atoms with E-state index >= 15 is 0 Å². The van der Waals surface area contributed by atoms with E-state index in [2.05, 4.69) is 55.4 Å². The number of carbonyl (C=O) groups is 1. The maximum atomic E-state index is 12.2. The Hall–Kier alpha value is -3.65. The molecule has 0 aliphatic carbocycles. The number of aromatic nitrogens is 4. The van der Waals surface area contributed by atoms with Gasteiger partial charge in [-0.2, -0.15) is 0 Å². The van der Waals surface area contributed by atoms with Crippen LogP contribution in [-0.4, -0.2) is 70.1 Å². The Bertz CT molecular complexity index is 1310. The third-order valence-corrected chi connectivity index (χ3v) is 6.52. The molecule has 0 aromatic carbocycles. The second kappa shape index (κ2) is 7.49. The van der Waals surface area contributed by atoms with Crippen molar-refractivity contribution in [2.45, 2.75) is 6.54 Å². The number of hydrogen-bond donors (Lipinski definition) is 2. The zero-order chi connectivity index (χ0) is 21.7. The molecule has 0 atom stereocenters. The molecule has 1 amide bonds. The number of fused-ring (bicyclic) bond motifs is 2. The molecule has 1 saturated heterocycles. The molecule has 4 aromatic heterocycles. The highest BCUT2D eigenvalue weighted by Crippen LogP contribution is 2.33. The summed E-state index contributed by atoms with van der Waals surface area (Å²) in [5.74, 6) is 0.991. The van der Waals surface area contributed by atoms with Crippen molar-refractivity contribution in [1.82, 2.24) is 29.7 Å². The molecule has 0 unspecified atom stereocenters. The van der Waals surface area contributed by atoms with Gasteiger partial charge in [0.1, 0.15) is 17.2 Å². The van der Waals surface area contributed by atoms with Crippen LogP contribution in [0.4, 0.5) is 5.82 Å². The normalized spacial score (nSPS) is 16.9. The van der Waals surface area contributed by atoms with Gasteiger partial charge in [-0.15, -0.1) is 0 Å². The van der Waals surface area contributed by atoms with Crippen LogP contribution in [0.2, 0.25) is 0 Å². The van der Waals surface area contributed by atoms with Gasteiger partial charge in [0.05, 0.1) is 0 Å². The van der Waals surface area contributed by atoms with E-state index in [1.165, 1.54) is 0 Å². The number of rotatable bonds is 3. The molecule has 2 aliphatic heterocycles. The first kappa shape index (κ1) is 19.1. The van der Waals surface area contributed by atoms with Crippen molar-refractivity contribution >= 4 is 22.8 Å². The number of nitrogens with one attached hydrogen (secondary N) is 2. The smallest absolute Gasteiger partial charge is 0.267 e. The van der Waals surface area contributed by atoms with E-state index in [4.69, 9.17) is 0 Å². The lowest BCUT2D eigenvalue weighted by Gasteiger charge is -2.33. The molecule has 0 saturated carbocycles. The van der Waals surface area contributed by atoms with Crippen molar-refractivity contribution < 1.29 is 4.79 Å². The summed E-state index contributed by atoms with van der Waals surface area (Å²) in [7, 11) is 2.16. The molecular formula is C24H25N7O. The van der Waals surface area contributed by atoms with Gasteiger partial charge >= 0.3 is 0 Å². The van der Waals surface area contributed by atoms with Gasteiger partial charge in [0.15, 0.2) is 0 Å². The van der Waals surface area contributed by atoms with Crippen LogP contribution in [-0.2, 0) is 6.54 Å². The molecule has 0 radical (unpaired) electrons. The summed E-state index contributed by atoms with van der Waals surface area (Å²) in [5, 5.41) is 3.95. The quantitative estimate of drug-likeness (QED) is 0.525.